The van der Waals surface area contributed by atoms with Crippen LogP contribution in [0.25, 0.3) is 0 Å². The number of carbonyl (C=O) groups excluding carboxylic acids is 4. The summed E-state index contributed by atoms with van der Waals surface area (Å²) in [7, 11) is 1.28. The summed E-state index contributed by atoms with van der Waals surface area (Å²) in [5.74, 6) is -1.13. The van der Waals surface area contributed by atoms with Crippen molar-refractivity contribution in [2.75, 3.05) is 7.11 Å². The van der Waals surface area contributed by atoms with E-state index >= 15 is 0 Å². The largest absolute Gasteiger partial charge is 0.469 e. The Labute approximate surface area is 148 Å². The minimum Gasteiger partial charge on any atom is -0.469 e. The average Bonchev–Trinajstić information content (AvgIpc) is 2.39. The number of esters is 1. The molecule has 8 heteroatoms. The van der Waals surface area contributed by atoms with Gasteiger partial charge in [0.25, 0.3) is 0 Å². The first-order chi connectivity index (χ1) is 11.3. The lowest BCUT2D eigenvalue weighted by Gasteiger charge is -2.27. The molecule has 0 heterocycles. The Hall–Kier alpha value is -2.12. The van der Waals surface area contributed by atoms with Crippen molar-refractivity contribution in [3.05, 3.63) is 0 Å². The van der Waals surface area contributed by atoms with Gasteiger partial charge in [-0.2, -0.15) is 0 Å². The molecule has 25 heavy (non-hydrogen) atoms. The van der Waals surface area contributed by atoms with Gasteiger partial charge >= 0.3 is 18.2 Å². The lowest BCUT2D eigenvalue weighted by molar-refractivity contribution is -0.141. The van der Waals surface area contributed by atoms with Crippen LogP contribution in [0.15, 0.2) is 0 Å². The Morgan fingerprint density at radius 3 is 1.52 bits per heavy atom. The van der Waals surface area contributed by atoms with Gasteiger partial charge in [-0.25, -0.2) is 9.59 Å². The molecule has 0 spiro atoms. The molecule has 0 aliphatic rings. The molecule has 0 saturated heterocycles. The molecule has 3 amide bonds. The highest BCUT2D eigenvalue weighted by Crippen LogP contribution is 2.16. The predicted octanol–water partition coefficient (Wildman–Crippen LogP) is 3.42. The second-order valence-corrected chi connectivity index (χ2v) is 7.47. The van der Waals surface area contributed by atoms with Crippen LogP contribution in [-0.4, -0.2) is 47.3 Å². The first-order valence-electron chi connectivity index (χ1n) is 8.12. The van der Waals surface area contributed by atoms with Gasteiger partial charge in [0.15, 0.2) is 0 Å². The van der Waals surface area contributed by atoms with E-state index in [1.165, 1.54) is 7.11 Å². The molecule has 0 unspecified atom stereocenters. The Kier molecular flexibility index (Phi) is 8.59. The molecule has 0 saturated carbocycles. The van der Waals surface area contributed by atoms with Gasteiger partial charge in [-0.3, -0.25) is 9.59 Å². The second kappa shape index (κ2) is 9.39. The number of nitrogens with zero attached hydrogens (tertiary/aromatic N) is 1. The number of ether oxygens (including phenoxy) is 3. The van der Waals surface area contributed by atoms with E-state index in [-0.39, 0.29) is 18.8 Å². The summed E-state index contributed by atoms with van der Waals surface area (Å²) in [5.41, 5.74) is -1.75. The number of imide groups is 3. The molecule has 8 nitrogen and oxygen atoms in total. The molecule has 0 atom stereocenters. The van der Waals surface area contributed by atoms with Crippen LogP contribution < -0.4 is 0 Å². The molecule has 0 rings (SSSR count). The van der Waals surface area contributed by atoms with Gasteiger partial charge in [0, 0.05) is 12.8 Å². The Balaban J connectivity index is 4.98. The number of hydrogen-bond acceptors (Lipinski definition) is 7. The number of carbonyl (C=O) groups is 4. The van der Waals surface area contributed by atoms with Crippen LogP contribution in [0.3, 0.4) is 0 Å². The van der Waals surface area contributed by atoms with Crippen LogP contribution in [0.1, 0.15) is 67.2 Å². The highest BCUT2D eigenvalue weighted by molar-refractivity contribution is 6.06. The van der Waals surface area contributed by atoms with Crippen LogP contribution in [0.4, 0.5) is 9.59 Å². The number of unbranched alkanes of at least 4 members (excludes halogenated alkanes) is 1. The topological polar surface area (TPSA) is 99.2 Å². The summed E-state index contributed by atoms with van der Waals surface area (Å²) in [6, 6.07) is 0. The predicted molar refractivity (Wildman–Crippen MR) is 89.8 cm³/mol. The van der Waals surface area contributed by atoms with Crippen molar-refractivity contribution >= 4 is 24.1 Å². The molecular weight excluding hydrogens is 330 g/mol. The number of amides is 3. The summed E-state index contributed by atoms with van der Waals surface area (Å²) in [6.07, 6.45) is -1.40. The highest BCUT2D eigenvalue weighted by atomic mass is 16.6. The van der Waals surface area contributed by atoms with Crippen LogP contribution in [-0.2, 0) is 23.8 Å². The maximum absolute atomic E-state index is 12.3. The summed E-state index contributed by atoms with van der Waals surface area (Å²) in [6.45, 7) is 9.74. The van der Waals surface area contributed by atoms with Crippen LogP contribution in [0.5, 0.6) is 0 Å². The number of methoxy groups -OCH3 is 1. The van der Waals surface area contributed by atoms with Crippen LogP contribution in [0.2, 0.25) is 0 Å². The second-order valence-electron chi connectivity index (χ2n) is 7.47. The SMILES string of the molecule is COC(=O)CCCCC(=O)N(C(=O)OC(C)(C)C)C(=O)OC(C)(C)C. The van der Waals surface area contributed by atoms with E-state index in [2.05, 4.69) is 4.74 Å². The zero-order valence-electron chi connectivity index (χ0n) is 16.1. The smallest absolute Gasteiger partial charge is 0.426 e. The van der Waals surface area contributed by atoms with Gasteiger partial charge in [-0.05, 0) is 54.4 Å². The zero-order valence-corrected chi connectivity index (χ0v) is 16.1. The molecule has 0 aromatic rings. The number of rotatable bonds is 5. The molecule has 0 aromatic carbocycles. The van der Waals surface area contributed by atoms with Gasteiger partial charge in [0.2, 0.25) is 5.91 Å². The van der Waals surface area contributed by atoms with E-state index in [0.717, 1.165) is 0 Å². The Bertz CT molecular complexity index is 472. The lowest BCUT2D eigenvalue weighted by Crippen LogP contribution is -2.46. The average molecular weight is 359 g/mol. The van der Waals surface area contributed by atoms with Gasteiger partial charge < -0.3 is 14.2 Å². The summed E-state index contributed by atoms with van der Waals surface area (Å²) in [5, 5.41) is 0. The third kappa shape index (κ3) is 10.4. The lowest BCUT2D eigenvalue weighted by atomic mass is 10.2. The van der Waals surface area contributed by atoms with Crippen molar-refractivity contribution in [1.29, 1.82) is 0 Å². The highest BCUT2D eigenvalue weighted by Gasteiger charge is 2.35. The Morgan fingerprint density at radius 2 is 1.16 bits per heavy atom. The van der Waals surface area contributed by atoms with E-state index in [1.54, 1.807) is 41.5 Å². The molecule has 0 bridgehead atoms. The van der Waals surface area contributed by atoms with E-state index in [9.17, 15) is 19.2 Å². The first-order valence-corrected chi connectivity index (χ1v) is 8.12. The standard InChI is InChI=1S/C17H29NO7/c1-16(2,3)24-14(21)18(15(22)25-17(4,5)6)12(19)10-8-9-11-13(20)23-7/h8-11H2,1-7H3. The monoisotopic (exact) mass is 359 g/mol. The Morgan fingerprint density at radius 1 is 0.760 bits per heavy atom. The minimum absolute atomic E-state index is 0.102. The van der Waals surface area contributed by atoms with Crippen LogP contribution in [0, 0.1) is 0 Å². The van der Waals surface area contributed by atoms with Crippen molar-refractivity contribution in [3.63, 3.8) is 0 Å². The summed E-state index contributed by atoms with van der Waals surface area (Å²) < 4.78 is 14.7. The van der Waals surface area contributed by atoms with E-state index in [0.29, 0.717) is 17.7 Å². The third-order valence-corrected chi connectivity index (χ3v) is 2.65. The van der Waals surface area contributed by atoms with Crippen LogP contribution >= 0.6 is 0 Å². The molecule has 0 aromatic heterocycles. The van der Waals surface area contributed by atoms with Gasteiger partial charge in [0.05, 0.1) is 7.11 Å². The summed E-state index contributed by atoms with van der Waals surface area (Å²) >= 11 is 0. The van der Waals surface area contributed by atoms with Gasteiger partial charge in [0.1, 0.15) is 11.2 Å². The fourth-order valence-electron chi connectivity index (χ4n) is 1.65. The zero-order chi connectivity index (χ0) is 19.8. The normalized spacial score (nSPS) is 11.5. The quantitative estimate of drug-likeness (QED) is 0.421. The van der Waals surface area contributed by atoms with E-state index in [4.69, 9.17) is 9.47 Å². The minimum atomic E-state index is -1.08. The van der Waals surface area contributed by atoms with Crippen molar-refractivity contribution in [2.24, 2.45) is 0 Å². The van der Waals surface area contributed by atoms with Crippen molar-refractivity contribution < 1.29 is 33.4 Å². The molecular formula is C17H29NO7. The van der Waals surface area contributed by atoms with Crippen molar-refractivity contribution in [3.8, 4) is 0 Å². The number of hydrogen-bond donors (Lipinski definition) is 0. The van der Waals surface area contributed by atoms with Gasteiger partial charge in [-0.15, -0.1) is 4.90 Å². The fraction of sp³-hybridized carbons (Fsp3) is 0.765. The van der Waals surface area contributed by atoms with E-state index < -0.39 is 29.3 Å². The molecule has 0 N–H and O–H groups in total. The van der Waals surface area contributed by atoms with E-state index in [1.807, 2.05) is 0 Å². The van der Waals surface area contributed by atoms with Crippen molar-refractivity contribution in [2.45, 2.75) is 78.4 Å². The van der Waals surface area contributed by atoms with Crippen molar-refractivity contribution in [1.82, 2.24) is 4.90 Å². The summed E-state index contributed by atoms with van der Waals surface area (Å²) in [4.78, 5) is 48.2. The van der Waals surface area contributed by atoms with Gasteiger partial charge in [-0.1, -0.05) is 0 Å². The molecule has 144 valence electrons. The molecule has 0 fully saturated rings. The fourth-order valence-corrected chi connectivity index (χ4v) is 1.65. The maximum atomic E-state index is 12.3. The molecule has 0 radical (unpaired) electrons. The maximum Gasteiger partial charge on any atom is 0.426 e. The molecule has 0 aliphatic carbocycles. The third-order valence-electron chi connectivity index (χ3n) is 2.65. The first kappa shape index (κ1) is 22.9. The molecule has 0 aliphatic heterocycles.